The number of halogens is 5. The predicted molar refractivity (Wildman–Crippen MR) is 60.6 cm³/mol. The van der Waals surface area contributed by atoms with Crippen LogP contribution in [0.5, 0.6) is 0 Å². The number of piperidine rings is 1. The van der Waals surface area contributed by atoms with Crippen LogP contribution in [0, 0.1) is 17.6 Å². The lowest BCUT2D eigenvalue weighted by Crippen LogP contribution is -2.48. The molecular formula is C13H14F5N. The zero-order valence-corrected chi connectivity index (χ0v) is 10.1. The molecule has 0 spiro atoms. The number of rotatable bonds is 2. The van der Waals surface area contributed by atoms with Crippen LogP contribution in [-0.2, 0) is 6.42 Å². The second-order valence-electron chi connectivity index (χ2n) is 4.80. The maximum atomic E-state index is 13.0. The van der Waals surface area contributed by atoms with Gasteiger partial charge in [0.05, 0.1) is 5.92 Å². The average molecular weight is 279 g/mol. The van der Waals surface area contributed by atoms with Gasteiger partial charge >= 0.3 is 6.18 Å². The molecule has 0 saturated carbocycles. The highest BCUT2D eigenvalue weighted by atomic mass is 19.4. The lowest BCUT2D eigenvalue weighted by atomic mass is 9.86. The number of benzene rings is 1. The smallest absolute Gasteiger partial charge is 0.313 e. The lowest BCUT2D eigenvalue weighted by Gasteiger charge is -2.34. The molecule has 1 aromatic rings. The Balaban J connectivity index is 2.13. The lowest BCUT2D eigenvalue weighted by molar-refractivity contribution is -0.188. The number of hydrogen-bond acceptors (Lipinski definition) is 1. The first-order valence-corrected chi connectivity index (χ1v) is 6.12. The van der Waals surface area contributed by atoms with Gasteiger partial charge in [0, 0.05) is 6.04 Å². The minimum atomic E-state index is -4.27. The molecular weight excluding hydrogens is 265 g/mol. The molecule has 1 nitrogen and oxygen atoms in total. The molecule has 1 N–H and O–H groups in total. The minimum Gasteiger partial charge on any atom is -0.313 e. The Kier molecular flexibility index (Phi) is 4.08. The van der Waals surface area contributed by atoms with E-state index in [1.807, 2.05) is 0 Å². The fourth-order valence-corrected chi connectivity index (χ4v) is 2.48. The molecule has 2 rings (SSSR count). The summed E-state index contributed by atoms with van der Waals surface area (Å²) in [6.45, 7) is 0.515. The molecule has 6 heteroatoms. The molecule has 0 bridgehead atoms. The Morgan fingerprint density at radius 2 is 1.89 bits per heavy atom. The van der Waals surface area contributed by atoms with Crippen LogP contribution in [0.15, 0.2) is 18.2 Å². The van der Waals surface area contributed by atoms with Crippen molar-refractivity contribution in [3.05, 3.63) is 35.4 Å². The van der Waals surface area contributed by atoms with E-state index in [0.717, 1.165) is 12.1 Å². The standard InChI is InChI=1S/C13H14F5N/c14-10-4-3-8(6-11(10)15)7-12-9(13(16,17)18)2-1-5-19-12/h3-4,6,9,12,19H,1-2,5,7H2. The van der Waals surface area contributed by atoms with Crippen molar-refractivity contribution in [1.29, 1.82) is 0 Å². The SMILES string of the molecule is Fc1ccc(CC2NCCCC2C(F)(F)F)cc1F. The second-order valence-corrected chi connectivity index (χ2v) is 4.80. The van der Waals surface area contributed by atoms with Crippen molar-refractivity contribution in [2.24, 2.45) is 5.92 Å². The molecule has 0 aromatic heterocycles. The highest BCUT2D eigenvalue weighted by Crippen LogP contribution is 2.35. The summed E-state index contributed by atoms with van der Waals surface area (Å²) < 4.78 is 64.4. The molecule has 106 valence electrons. The fraction of sp³-hybridized carbons (Fsp3) is 0.538. The average Bonchev–Trinajstić information content (AvgIpc) is 2.33. The van der Waals surface area contributed by atoms with Gasteiger partial charge in [0.1, 0.15) is 0 Å². The van der Waals surface area contributed by atoms with Gasteiger partial charge in [0.25, 0.3) is 0 Å². The summed E-state index contributed by atoms with van der Waals surface area (Å²) in [6, 6.07) is 2.44. The largest absolute Gasteiger partial charge is 0.393 e. The first-order valence-electron chi connectivity index (χ1n) is 6.12. The van der Waals surface area contributed by atoms with E-state index in [2.05, 4.69) is 5.32 Å². The van der Waals surface area contributed by atoms with Crippen LogP contribution in [0.1, 0.15) is 18.4 Å². The summed E-state index contributed by atoms with van der Waals surface area (Å²) in [5.74, 6) is -3.46. The van der Waals surface area contributed by atoms with E-state index in [1.54, 1.807) is 0 Å². The molecule has 0 radical (unpaired) electrons. The van der Waals surface area contributed by atoms with E-state index in [4.69, 9.17) is 0 Å². The van der Waals surface area contributed by atoms with Crippen molar-refractivity contribution >= 4 is 0 Å². The van der Waals surface area contributed by atoms with Gasteiger partial charge < -0.3 is 5.32 Å². The molecule has 1 aliphatic heterocycles. The maximum Gasteiger partial charge on any atom is 0.393 e. The number of alkyl halides is 3. The number of nitrogens with one attached hydrogen (secondary N) is 1. The molecule has 1 saturated heterocycles. The van der Waals surface area contributed by atoms with Gasteiger partial charge in [0.2, 0.25) is 0 Å². The van der Waals surface area contributed by atoms with Crippen LogP contribution in [0.2, 0.25) is 0 Å². The fourth-order valence-electron chi connectivity index (χ4n) is 2.48. The van der Waals surface area contributed by atoms with Crippen molar-refractivity contribution in [2.45, 2.75) is 31.5 Å². The van der Waals surface area contributed by atoms with Crippen molar-refractivity contribution in [2.75, 3.05) is 6.54 Å². The van der Waals surface area contributed by atoms with Crippen LogP contribution in [0.25, 0.3) is 0 Å². The van der Waals surface area contributed by atoms with Gasteiger partial charge in [-0.05, 0) is 43.5 Å². The topological polar surface area (TPSA) is 12.0 Å². The third kappa shape index (κ3) is 3.43. The highest BCUT2D eigenvalue weighted by molar-refractivity contribution is 5.19. The third-order valence-corrected chi connectivity index (χ3v) is 3.44. The van der Waals surface area contributed by atoms with E-state index < -0.39 is 29.8 Å². The minimum absolute atomic E-state index is 0.0430. The van der Waals surface area contributed by atoms with Crippen LogP contribution in [0.3, 0.4) is 0 Å². The van der Waals surface area contributed by atoms with Crippen molar-refractivity contribution in [3.63, 3.8) is 0 Å². The van der Waals surface area contributed by atoms with Crippen LogP contribution >= 0.6 is 0 Å². The van der Waals surface area contributed by atoms with Crippen molar-refractivity contribution in [1.82, 2.24) is 5.32 Å². The first-order chi connectivity index (χ1) is 8.88. The van der Waals surface area contributed by atoms with Gasteiger partial charge in [-0.25, -0.2) is 8.78 Å². The van der Waals surface area contributed by atoms with E-state index in [-0.39, 0.29) is 12.8 Å². The molecule has 1 fully saturated rings. The van der Waals surface area contributed by atoms with Crippen LogP contribution in [0.4, 0.5) is 22.0 Å². The molecule has 1 aromatic carbocycles. The van der Waals surface area contributed by atoms with Gasteiger partial charge in [-0.1, -0.05) is 6.07 Å². The quantitative estimate of drug-likeness (QED) is 0.818. The zero-order chi connectivity index (χ0) is 14.0. The highest BCUT2D eigenvalue weighted by Gasteiger charge is 2.45. The molecule has 0 aliphatic carbocycles. The molecule has 0 amide bonds. The summed E-state index contributed by atoms with van der Waals surface area (Å²) in [5, 5.41) is 2.82. The summed E-state index contributed by atoms with van der Waals surface area (Å²) in [4.78, 5) is 0. The van der Waals surface area contributed by atoms with E-state index in [9.17, 15) is 22.0 Å². The van der Waals surface area contributed by atoms with Crippen molar-refractivity contribution in [3.8, 4) is 0 Å². The monoisotopic (exact) mass is 279 g/mol. The summed E-state index contributed by atoms with van der Waals surface area (Å²) in [7, 11) is 0. The van der Waals surface area contributed by atoms with Gasteiger partial charge in [-0.15, -0.1) is 0 Å². The Hall–Kier alpha value is -1.17. The Morgan fingerprint density at radius 1 is 1.16 bits per heavy atom. The summed E-state index contributed by atoms with van der Waals surface area (Å²) in [5.41, 5.74) is 0.368. The van der Waals surface area contributed by atoms with Crippen molar-refractivity contribution < 1.29 is 22.0 Å². The maximum absolute atomic E-state index is 13.0. The van der Waals surface area contributed by atoms with Gasteiger partial charge in [-0.3, -0.25) is 0 Å². The van der Waals surface area contributed by atoms with Gasteiger partial charge in [-0.2, -0.15) is 13.2 Å². The number of hydrogen-bond donors (Lipinski definition) is 1. The summed E-state index contributed by atoms with van der Waals surface area (Å²) >= 11 is 0. The Morgan fingerprint density at radius 3 is 2.53 bits per heavy atom. The molecule has 2 atom stereocenters. The Bertz CT molecular complexity index is 443. The van der Waals surface area contributed by atoms with Crippen LogP contribution in [-0.4, -0.2) is 18.8 Å². The van der Waals surface area contributed by atoms with Crippen LogP contribution < -0.4 is 5.32 Å². The van der Waals surface area contributed by atoms with E-state index >= 15 is 0 Å². The molecule has 19 heavy (non-hydrogen) atoms. The predicted octanol–water partition coefficient (Wildman–Crippen LogP) is 3.44. The molecule has 1 heterocycles. The zero-order valence-electron chi connectivity index (χ0n) is 10.1. The third-order valence-electron chi connectivity index (χ3n) is 3.44. The molecule has 1 aliphatic rings. The normalized spacial score (nSPS) is 24.5. The second kappa shape index (κ2) is 5.45. The van der Waals surface area contributed by atoms with Gasteiger partial charge in [0.15, 0.2) is 11.6 Å². The molecule has 2 unspecified atom stereocenters. The van der Waals surface area contributed by atoms with E-state index in [0.29, 0.717) is 18.5 Å². The summed E-state index contributed by atoms with van der Waals surface area (Å²) in [6.07, 6.45) is -3.68. The first kappa shape index (κ1) is 14.2. The van der Waals surface area contributed by atoms with E-state index in [1.165, 1.54) is 6.07 Å². The Labute approximate surface area is 107 Å².